The van der Waals surface area contributed by atoms with E-state index >= 15 is 0 Å². The van der Waals surface area contributed by atoms with Crippen LogP contribution in [0.3, 0.4) is 0 Å². The molecular weight excluding hydrogens is 594 g/mol. The van der Waals surface area contributed by atoms with Gasteiger partial charge in [0.05, 0.1) is 6.10 Å². The van der Waals surface area contributed by atoms with Gasteiger partial charge in [-0.25, -0.2) is 14.6 Å². The largest absolute Gasteiger partial charge is 0.459 e. The van der Waals surface area contributed by atoms with Crippen LogP contribution in [0.1, 0.15) is 56.8 Å². The van der Waals surface area contributed by atoms with Gasteiger partial charge in [0, 0.05) is 42.9 Å². The van der Waals surface area contributed by atoms with Crippen molar-refractivity contribution in [1.29, 1.82) is 0 Å². The van der Waals surface area contributed by atoms with Gasteiger partial charge in [-0.15, -0.1) is 0 Å². The van der Waals surface area contributed by atoms with Crippen LogP contribution in [0, 0.1) is 13.8 Å². The molecule has 0 bridgehead atoms. The number of aryl methyl sites for hydroxylation is 2. The summed E-state index contributed by atoms with van der Waals surface area (Å²) in [7, 11) is 0. The van der Waals surface area contributed by atoms with E-state index in [1.807, 2.05) is 68.4 Å². The van der Waals surface area contributed by atoms with E-state index < -0.39 is 35.3 Å². The lowest BCUT2D eigenvalue weighted by molar-refractivity contribution is -0.146. The number of aliphatic hydroxyl groups excluding tert-OH is 1. The number of benzene rings is 3. The normalized spacial score (nSPS) is 17.2. The van der Waals surface area contributed by atoms with Crippen LogP contribution in [-0.4, -0.2) is 49.3 Å². The van der Waals surface area contributed by atoms with Crippen LogP contribution in [0.4, 0.5) is 5.95 Å². The zero-order chi connectivity index (χ0) is 32.7. The minimum absolute atomic E-state index is 0.0959. The number of rotatable bonds is 6. The van der Waals surface area contributed by atoms with Gasteiger partial charge in [0.2, 0.25) is 5.95 Å². The number of anilines is 1. The summed E-state index contributed by atoms with van der Waals surface area (Å²) < 4.78 is 6.87. The van der Waals surface area contributed by atoms with Crippen LogP contribution in [-0.2, 0) is 16.1 Å². The zero-order valence-corrected chi connectivity index (χ0v) is 26.0. The predicted octanol–water partition coefficient (Wildman–Crippen LogP) is 4.28. The monoisotopic (exact) mass is 627 g/mol. The number of hydrogen-bond donors (Lipinski definition) is 2. The number of nitrogens with one attached hydrogen (secondary N) is 1. The lowest BCUT2D eigenvalue weighted by atomic mass is 9.82. The maximum atomic E-state index is 13.6. The summed E-state index contributed by atoms with van der Waals surface area (Å²) in [5.41, 5.74) is 6.11. The van der Waals surface area contributed by atoms with E-state index in [2.05, 4.69) is 39.2 Å². The molecule has 3 aromatic carbocycles. The van der Waals surface area contributed by atoms with Crippen molar-refractivity contribution in [3.05, 3.63) is 151 Å². The molecule has 1 saturated heterocycles. The van der Waals surface area contributed by atoms with Crippen molar-refractivity contribution in [2.75, 3.05) is 11.4 Å². The molecule has 0 amide bonds. The summed E-state index contributed by atoms with van der Waals surface area (Å²) in [4.78, 5) is 53.2. The number of esters is 1. The van der Waals surface area contributed by atoms with Gasteiger partial charge in [-0.1, -0.05) is 90.0 Å². The highest BCUT2D eigenvalue weighted by molar-refractivity contribution is 5.80. The number of fused-ring (bicyclic) bond motifs is 2. The lowest BCUT2D eigenvalue weighted by Crippen LogP contribution is -2.39. The predicted molar refractivity (Wildman–Crippen MR) is 178 cm³/mol. The number of aromatic nitrogens is 4. The maximum Gasteiger partial charge on any atom is 0.334 e. The molecule has 0 unspecified atom stereocenters. The van der Waals surface area contributed by atoms with Crippen molar-refractivity contribution in [2.24, 2.45) is 0 Å². The number of nitrogens with zero attached hydrogens (tertiary/aromatic N) is 4. The highest BCUT2D eigenvalue weighted by Crippen LogP contribution is 2.38. The molecule has 10 heteroatoms. The van der Waals surface area contributed by atoms with Crippen LogP contribution in [0.15, 0.2) is 94.8 Å². The Labute approximate surface area is 270 Å². The van der Waals surface area contributed by atoms with Gasteiger partial charge >= 0.3 is 11.7 Å². The van der Waals surface area contributed by atoms with E-state index in [0.717, 1.165) is 38.9 Å². The van der Waals surface area contributed by atoms with Crippen molar-refractivity contribution in [1.82, 2.24) is 19.5 Å². The SMILES string of the molecule is Cc1ccc2c(c1)C=Cc1cc(C)ccc1C2c1cn(-c2ccnc(N3C[C@H](O)C[C@H]3C(=O)OCc3ccccc3)n2)c(=O)[nH]c1=O. The summed E-state index contributed by atoms with van der Waals surface area (Å²) in [5.74, 6) is -0.616. The Morgan fingerprint density at radius 1 is 0.936 bits per heavy atom. The van der Waals surface area contributed by atoms with Crippen molar-refractivity contribution in [3.8, 4) is 5.82 Å². The number of H-pyrrole nitrogens is 1. The van der Waals surface area contributed by atoms with E-state index in [9.17, 15) is 19.5 Å². The fourth-order valence-corrected chi connectivity index (χ4v) is 6.44. The Morgan fingerprint density at radius 2 is 1.62 bits per heavy atom. The Kier molecular flexibility index (Phi) is 7.87. The van der Waals surface area contributed by atoms with Crippen molar-refractivity contribution < 1.29 is 14.6 Å². The Balaban J connectivity index is 1.27. The number of ether oxygens (including phenoxy) is 1. The average Bonchev–Trinajstić information content (AvgIpc) is 3.40. The van der Waals surface area contributed by atoms with E-state index in [4.69, 9.17) is 4.74 Å². The Morgan fingerprint density at radius 3 is 2.30 bits per heavy atom. The highest BCUT2D eigenvalue weighted by Gasteiger charge is 2.39. The quantitative estimate of drug-likeness (QED) is 0.262. The summed E-state index contributed by atoms with van der Waals surface area (Å²) in [6, 6.07) is 22.4. The number of β-amino-alcohol motifs (C(OH)–C–C–N with tert-alkyl or cyclic N) is 1. The molecule has 0 saturated carbocycles. The molecule has 1 aliphatic carbocycles. The first-order valence-electron chi connectivity index (χ1n) is 15.5. The number of carbonyl (C=O) groups excluding carboxylic acids is 1. The summed E-state index contributed by atoms with van der Waals surface area (Å²) in [5, 5.41) is 10.5. The third-order valence-electron chi connectivity index (χ3n) is 8.74. The molecular formula is C37H33N5O5. The molecule has 2 aromatic heterocycles. The van der Waals surface area contributed by atoms with Gasteiger partial charge in [0.25, 0.3) is 5.56 Å². The molecule has 0 radical (unpaired) electrons. The topological polar surface area (TPSA) is 130 Å². The first-order chi connectivity index (χ1) is 22.7. The van der Waals surface area contributed by atoms with Crippen LogP contribution >= 0.6 is 0 Å². The van der Waals surface area contributed by atoms with Crippen LogP contribution < -0.4 is 16.1 Å². The Bertz CT molecular complexity index is 2080. The molecule has 7 rings (SSSR count). The average molecular weight is 628 g/mol. The lowest BCUT2D eigenvalue weighted by Gasteiger charge is -2.23. The molecule has 2 N–H and O–H groups in total. The molecule has 1 aliphatic heterocycles. The number of aromatic amines is 1. The second-order valence-corrected chi connectivity index (χ2v) is 12.1. The van der Waals surface area contributed by atoms with E-state index in [1.165, 1.54) is 10.8 Å². The molecule has 3 heterocycles. The fourth-order valence-electron chi connectivity index (χ4n) is 6.44. The van der Waals surface area contributed by atoms with Crippen LogP contribution in [0.25, 0.3) is 18.0 Å². The molecule has 0 spiro atoms. The smallest absolute Gasteiger partial charge is 0.334 e. The maximum absolute atomic E-state index is 13.6. The first-order valence-corrected chi connectivity index (χ1v) is 15.5. The van der Waals surface area contributed by atoms with Crippen LogP contribution in [0.2, 0.25) is 0 Å². The Hall–Kier alpha value is -5.61. The van der Waals surface area contributed by atoms with Gasteiger partial charge < -0.3 is 14.7 Å². The number of carbonyl (C=O) groups is 1. The third-order valence-corrected chi connectivity index (χ3v) is 8.74. The fraction of sp³-hybridized carbons (Fsp3) is 0.216. The number of aliphatic hydroxyl groups is 1. The summed E-state index contributed by atoms with van der Waals surface area (Å²) in [6.07, 6.45) is 6.51. The van der Waals surface area contributed by atoms with E-state index in [0.29, 0.717) is 5.56 Å². The van der Waals surface area contributed by atoms with Gasteiger partial charge in [-0.05, 0) is 41.7 Å². The first kappa shape index (κ1) is 30.1. The van der Waals surface area contributed by atoms with Crippen molar-refractivity contribution in [3.63, 3.8) is 0 Å². The van der Waals surface area contributed by atoms with Crippen molar-refractivity contribution in [2.45, 2.75) is 44.9 Å². The second kappa shape index (κ2) is 12.3. The van der Waals surface area contributed by atoms with E-state index in [1.54, 1.807) is 17.2 Å². The van der Waals surface area contributed by atoms with Gasteiger partial charge in [0.15, 0.2) is 0 Å². The molecule has 47 heavy (non-hydrogen) atoms. The summed E-state index contributed by atoms with van der Waals surface area (Å²) >= 11 is 0. The standard InChI is InChI=1S/C37H33N5O5/c1-22-8-12-28-25(16-22)10-11-26-17-23(2)9-13-29(26)33(28)30-20-42(37(46)40-34(30)44)32-14-15-38-36(39-32)41-19-27(43)18-31(41)35(45)47-21-24-6-4-3-5-7-24/h3-17,20,27,31,33,43H,18-19,21H2,1-2H3,(H,40,44,46)/t27-,31+/m1/s1. The van der Waals surface area contributed by atoms with E-state index in [-0.39, 0.29) is 31.3 Å². The molecule has 5 aromatic rings. The second-order valence-electron chi connectivity index (χ2n) is 12.1. The van der Waals surface area contributed by atoms with Crippen LogP contribution in [0.5, 0.6) is 0 Å². The molecule has 236 valence electrons. The molecule has 2 aliphatic rings. The van der Waals surface area contributed by atoms with Gasteiger partial charge in [-0.3, -0.25) is 14.3 Å². The van der Waals surface area contributed by atoms with Gasteiger partial charge in [-0.2, -0.15) is 4.98 Å². The van der Waals surface area contributed by atoms with Gasteiger partial charge in [0.1, 0.15) is 18.5 Å². The van der Waals surface area contributed by atoms with Crippen molar-refractivity contribution >= 4 is 24.1 Å². The molecule has 10 nitrogen and oxygen atoms in total. The minimum atomic E-state index is -0.815. The third kappa shape index (κ3) is 5.91. The molecule has 2 atom stereocenters. The number of hydrogen-bond acceptors (Lipinski definition) is 8. The minimum Gasteiger partial charge on any atom is -0.459 e. The highest BCUT2D eigenvalue weighted by atomic mass is 16.5. The summed E-state index contributed by atoms with van der Waals surface area (Å²) in [6.45, 7) is 4.26. The zero-order valence-electron chi connectivity index (χ0n) is 26.0. The molecule has 1 fully saturated rings.